The first-order chi connectivity index (χ1) is 7.06. The summed E-state index contributed by atoms with van der Waals surface area (Å²) in [6, 6.07) is 4.72. The van der Waals surface area contributed by atoms with E-state index in [1.165, 1.54) is 6.07 Å². The summed E-state index contributed by atoms with van der Waals surface area (Å²) < 4.78 is 0.771. The average Bonchev–Trinajstić information content (AvgIpc) is 2.17. The third-order valence-corrected chi connectivity index (χ3v) is 2.47. The maximum atomic E-state index is 10.7. The van der Waals surface area contributed by atoms with Gasteiger partial charge in [0.25, 0.3) is 5.69 Å². The number of anilines is 1. The van der Waals surface area contributed by atoms with Crippen LogP contribution in [0.2, 0.25) is 0 Å². The van der Waals surface area contributed by atoms with Gasteiger partial charge in [0, 0.05) is 24.1 Å². The Morgan fingerprint density at radius 3 is 2.80 bits per heavy atom. The van der Waals surface area contributed by atoms with Gasteiger partial charge in [-0.25, -0.2) is 0 Å². The second kappa shape index (κ2) is 5.09. The van der Waals surface area contributed by atoms with E-state index in [1.807, 2.05) is 0 Å². The Kier molecular flexibility index (Phi) is 4.05. The zero-order valence-corrected chi connectivity index (χ0v) is 9.77. The molecule has 0 saturated carbocycles. The zero-order chi connectivity index (χ0) is 11.4. The number of nitro benzene ring substituents is 1. The molecule has 5 nitrogen and oxygen atoms in total. The summed E-state index contributed by atoms with van der Waals surface area (Å²) in [6.07, 6.45) is 0. The lowest BCUT2D eigenvalue weighted by molar-refractivity contribution is -0.384. The Labute approximate surface area is 95.6 Å². The summed E-state index contributed by atoms with van der Waals surface area (Å²) in [6.45, 7) is 0.317. The SMILES string of the molecule is CN(CCO)c1cc(Br)ccc1[N+](=O)[O-]. The molecule has 0 unspecified atom stereocenters. The van der Waals surface area contributed by atoms with Crippen LogP contribution < -0.4 is 4.90 Å². The van der Waals surface area contributed by atoms with E-state index in [2.05, 4.69) is 15.9 Å². The van der Waals surface area contributed by atoms with Crippen LogP contribution in [-0.4, -0.2) is 30.2 Å². The van der Waals surface area contributed by atoms with Gasteiger partial charge in [-0.15, -0.1) is 0 Å². The molecular weight excluding hydrogens is 264 g/mol. The highest BCUT2D eigenvalue weighted by Crippen LogP contribution is 2.30. The minimum atomic E-state index is -0.435. The molecule has 1 aromatic carbocycles. The summed E-state index contributed by atoms with van der Waals surface area (Å²) in [7, 11) is 1.70. The summed E-state index contributed by atoms with van der Waals surface area (Å²) in [5.74, 6) is 0. The van der Waals surface area contributed by atoms with E-state index in [0.717, 1.165) is 4.47 Å². The molecule has 0 aliphatic heterocycles. The van der Waals surface area contributed by atoms with Crippen molar-refractivity contribution in [3.05, 3.63) is 32.8 Å². The monoisotopic (exact) mass is 274 g/mol. The van der Waals surface area contributed by atoms with Gasteiger partial charge in [0.1, 0.15) is 5.69 Å². The van der Waals surface area contributed by atoms with E-state index in [9.17, 15) is 10.1 Å². The van der Waals surface area contributed by atoms with E-state index in [0.29, 0.717) is 12.2 Å². The number of aliphatic hydroxyl groups excluding tert-OH is 1. The number of nitro groups is 1. The van der Waals surface area contributed by atoms with Gasteiger partial charge in [-0.3, -0.25) is 10.1 Å². The number of halogens is 1. The van der Waals surface area contributed by atoms with Gasteiger partial charge in [0.05, 0.1) is 11.5 Å². The Balaban J connectivity index is 3.12. The molecule has 0 radical (unpaired) electrons. The Bertz CT molecular complexity index is 370. The smallest absolute Gasteiger partial charge is 0.292 e. The average molecular weight is 275 g/mol. The summed E-state index contributed by atoms with van der Waals surface area (Å²) >= 11 is 3.25. The molecule has 0 bridgehead atoms. The largest absolute Gasteiger partial charge is 0.395 e. The van der Waals surface area contributed by atoms with E-state index in [1.54, 1.807) is 24.1 Å². The Morgan fingerprint density at radius 1 is 1.60 bits per heavy atom. The summed E-state index contributed by atoms with van der Waals surface area (Å²) in [4.78, 5) is 11.9. The zero-order valence-electron chi connectivity index (χ0n) is 8.18. The van der Waals surface area contributed by atoms with Gasteiger partial charge < -0.3 is 10.0 Å². The molecule has 0 aromatic heterocycles. The van der Waals surface area contributed by atoms with E-state index in [4.69, 9.17) is 5.11 Å². The number of likely N-dealkylation sites (N-methyl/N-ethyl adjacent to an activating group) is 1. The summed E-state index contributed by atoms with van der Waals surface area (Å²) in [5.41, 5.74) is 0.526. The Morgan fingerprint density at radius 2 is 2.27 bits per heavy atom. The molecule has 0 amide bonds. The van der Waals surface area contributed by atoms with Gasteiger partial charge in [-0.2, -0.15) is 0 Å². The van der Waals surface area contributed by atoms with E-state index >= 15 is 0 Å². The van der Waals surface area contributed by atoms with E-state index in [-0.39, 0.29) is 12.3 Å². The third kappa shape index (κ3) is 2.90. The van der Waals surface area contributed by atoms with Crippen LogP contribution in [0.25, 0.3) is 0 Å². The lowest BCUT2D eigenvalue weighted by Crippen LogP contribution is -2.22. The van der Waals surface area contributed by atoms with Crippen molar-refractivity contribution in [2.45, 2.75) is 0 Å². The second-order valence-corrected chi connectivity index (χ2v) is 3.95. The fourth-order valence-electron chi connectivity index (χ4n) is 1.23. The minimum absolute atomic E-state index is 0.0363. The predicted molar refractivity (Wildman–Crippen MR) is 61.2 cm³/mol. The summed E-state index contributed by atoms with van der Waals surface area (Å²) in [5, 5.41) is 19.5. The second-order valence-electron chi connectivity index (χ2n) is 3.04. The molecule has 0 atom stereocenters. The molecule has 82 valence electrons. The highest BCUT2D eigenvalue weighted by Gasteiger charge is 2.16. The van der Waals surface area contributed by atoms with Crippen molar-refractivity contribution in [2.24, 2.45) is 0 Å². The van der Waals surface area contributed by atoms with E-state index < -0.39 is 4.92 Å². The lowest BCUT2D eigenvalue weighted by atomic mass is 10.2. The maximum Gasteiger partial charge on any atom is 0.292 e. The molecule has 15 heavy (non-hydrogen) atoms. The molecule has 0 spiro atoms. The maximum absolute atomic E-state index is 10.7. The van der Waals surface area contributed by atoms with Gasteiger partial charge >= 0.3 is 0 Å². The molecular formula is C9H11BrN2O3. The van der Waals surface area contributed by atoms with Crippen molar-refractivity contribution in [3.63, 3.8) is 0 Å². The number of aliphatic hydroxyl groups is 1. The predicted octanol–water partition coefficient (Wildman–Crippen LogP) is 1.79. The number of hydrogen-bond donors (Lipinski definition) is 1. The van der Waals surface area contributed by atoms with Crippen molar-refractivity contribution in [1.82, 2.24) is 0 Å². The number of hydrogen-bond acceptors (Lipinski definition) is 4. The van der Waals surface area contributed by atoms with Gasteiger partial charge in [-0.1, -0.05) is 15.9 Å². The molecule has 0 aliphatic carbocycles. The van der Waals surface area contributed by atoms with Crippen molar-refractivity contribution in [3.8, 4) is 0 Å². The molecule has 0 aliphatic rings. The van der Waals surface area contributed by atoms with Gasteiger partial charge in [-0.05, 0) is 12.1 Å². The fraction of sp³-hybridized carbons (Fsp3) is 0.333. The molecule has 1 N–H and O–H groups in total. The van der Waals surface area contributed by atoms with Crippen LogP contribution in [0.1, 0.15) is 0 Å². The molecule has 0 saturated heterocycles. The lowest BCUT2D eigenvalue weighted by Gasteiger charge is -2.17. The van der Waals surface area contributed by atoms with Crippen molar-refractivity contribution in [2.75, 3.05) is 25.1 Å². The molecule has 0 heterocycles. The fourth-order valence-corrected chi connectivity index (χ4v) is 1.58. The van der Waals surface area contributed by atoms with Gasteiger partial charge in [0.15, 0.2) is 0 Å². The van der Waals surface area contributed by atoms with Crippen LogP contribution in [0.15, 0.2) is 22.7 Å². The van der Waals surface area contributed by atoms with Crippen LogP contribution >= 0.6 is 15.9 Å². The van der Waals surface area contributed by atoms with Crippen LogP contribution in [0.3, 0.4) is 0 Å². The van der Waals surface area contributed by atoms with Crippen LogP contribution in [0.4, 0.5) is 11.4 Å². The Hall–Kier alpha value is -1.14. The van der Waals surface area contributed by atoms with Gasteiger partial charge in [0.2, 0.25) is 0 Å². The molecule has 0 fully saturated rings. The highest BCUT2D eigenvalue weighted by molar-refractivity contribution is 9.10. The van der Waals surface area contributed by atoms with Crippen molar-refractivity contribution in [1.29, 1.82) is 0 Å². The number of benzene rings is 1. The number of nitrogens with zero attached hydrogens (tertiary/aromatic N) is 2. The molecule has 6 heteroatoms. The van der Waals surface area contributed by atoms with Crippen molar-refractivity contribution >= 4 is 27.3 Å². The highest BCUT2D eigenvalue weighted by atomic mass is 79.9. The van der Waals surface area contributed by atoms with Crippen LogP contribution in [0, 0.1) is 10.1 Å². The van der Waals surface area contributed by atoms with Crippen LogP contribution in [0.5, 0.6) is 0 Å². The molecule has 1 rings (SSSR count). The first kappa shape index (κ1) is 11.9. The third-order valence-electron chi connectivity index (χ3n) is 1.98. The van der Waals surface area contributed by atoms with Crippen LogP contribution in [-0.2, 0) is 0 Å². The minimum Gasteiger partial charge on any atom is -0.395 e. The first-order valence-corrected chi connectivity index (χ1v) is 5.11. The number of rotatable bonds is 4. The molecule has 1 aromatic rings. The first-order valence-electron chi connectivity index (χ1n) is 4.32. The normalized spacial score (nSPS) is 10.1. The quantitative estimate of drug-likeness (QED) is 0.672. The standard InChI is InChI=1S/C9H11BrN2O3/c1-11(4-5-13)9-6-7(10)2-3-8(9)12(14)15/h2-3,6,13H,4-5H2,1H3. The van der Waals surface area contributed by atoms with Crippen molar-refractivity contribution < 1.29 is 10.0 Å². The topological polar surface area (TPSA) is 66.6 Å².